The van der Waals surface area contributed by atoms with Crippen LogP contribution in [-0.2, 0) is 21.2 Å². The van der Waals surface area contributed by atoms with Crippen molar-refractivity contribution in [1.29, 1.82) is 0 Å². The van der Waals surface area contributed by atoms with Crippen LogP contribution in [0.5, 0.6) is 0 Å². The van der Waals surface area contributed by atoms with Crippen molar-refractivity contribution >= 4 is 21.6 Å². The second-order valence-corrected chi connectivity index (χ2v) is 8.13. The Morgan fingerprint density at radius 2 is 2.00 bits per heavy atom. The second-order valence-electron chi connectivity index (χ2n) is 5.76. The van der Waals surface area contributed by atoms with Crippen LogP contribution in [0, 0.1) is 0 Å². The number of hydrogen-bond acceptors (Lipinski definition) is 5. The number of rotatable bonds is 5. The van der Waals surface area contributed by atoms with Gasteiger partial charge in [0.15, 0.2) is 9.84 Å². The molecule has 6 nitrogen and oxygen atoms in total. The molecule has 2 heterocycles. The number of carbonyl (C=O) groups excluding carboxylic acids is 1. The number of amides is 1. The molecular formula is C15H23N3O3S. The summed E-state index contributed by atoms with van der Waals surface area (Å²) >= 11 is 0. The zero-order valence-corrected chi connectivity index (χ0v) is 13.9. The Morgan fingerprint density at radius 3 is 2.55 bits per heavy atom. The number of hydrogen-bond donors (Lipinski definition) is 1. The highest BCUT2D eigenvalue weighted by Gasteiger charge is 2.23. The van der Waals surface area contributed by atoms with Gasteiger partial charge in [0.1, 0.15) is 11.1 Å². The van der Waals surface area contributed by atoms with Gasteiger partial charge in [0.25, 0.3) is 0 Å². The van der Waals surface area contributed by atoms with Gasteiger partial charge in [-0.1, -0.05) is 6.07 Å². The first kappa shape index (κ1) is 16.7. The minimum Gasteiger partial charge on any atom is -0.357 e. The summed E-state index contributed by atoms with van der Waals surface area (Å²) in [6.07, 6.45) is 6.46. The van der Waals surface area contributed by atoms with Crippen molar-refractivity contribution in [3.05, 3.63) is 23.9 Å². The van der Waals surface area contributed by atoms with Crippen LogP contribution in [0.1, 0.15) is 31.7 Å². The lowest BCUT2D eigenvalue weighted by Crippen LogP contribution is -2.37. The largest absolute Gasteiger partial charge is 0.357 e. The van der Waals surface area contributed by atoms with Crippen LogP contribution >= 0.6 is 0 Å². The first-order valence-corrected chi connectivity index (χ1v) is 9.50. The molecule has 0 spiro atoms. The molecule has 0 bridgehead atoms. The van der Waals surface area contributed by atoms with Gasteiger partial charge >= 0.3 is 0 Å². The standard InChI is InChI=1S/C15H23N3O3S/c1-12(22(2,20)21)15(19)17-11-13-6-7-14(16-10-13)18-8-4-3-5-9-18/h6-7,10,12H,3-5,8-9,11H2,1-2H3,(H,17,19)/t12-/m0/s1. The Labute approximate surface area is 131 Å². The van der Waals surface area contributed by atoms with E-state index in [1.807, 2.05) is 12.1 Å². The fraction of sp³-hybridized carbons (Fsp3) is 0.600. The van der Waals surface area contributed by atoms with E-state index in [9.17, 15) is 13.2 Å². The maximum Gasteiger partial charge on any atom is 0.238 e. The predicted molar refractivity (Wildman–Crippen MR) is 86.5 cm³/mol. The van der Waals surface area contributed by atoms with Crippen molar-refractivity contribution in [2.24, 2.45) is 0 Å². The molecule has 1 atom stereocenters. The average Bonchev–Trinajstić information content (AvgIpc) is 2.52. The molecule has 0 unspecified atom stereocenters. The van der Waals surface area contributed by atoms with Gasteiger partial charge < -0.3 is 10.2 Å². The van der Waals surface area contributed by atoms with Crippen molar-refractivity contribution in [3.8, 4) is 0 Å². The fourth-order valence-corrected chi connectivity index (χ4v) is 2.83. The minimum atomic E-state index is -3.36. The Bertz CT molecular complexity index is 607. The zero-order valence-electron chi connectivity index (χ0n) is 13.1. The van der Waals surface area contributed by atoms with Crippen LogP contribution in [0.4, 0.5) is 5.82 Å². The average molecular weight is 325 g/mol. The first-order valence-electron chi connectivity index (χ1n) is 7.54. The molecule has 1 aliphatic heterocycles. The molecule has 1 aromatic rings. The van der Waals surface area contributed by atoms with Crippen molar-refractivity contribution in [3.63, 3.8) is 0 Å². The molecular weight excluding hydrogens is 302 g/mol. The summed E-state index contributed by atoms with van der Waals surface area (Å²) < 4.78 is 22.7. The summed E-state index contributed by atoms with van der Waals surface area (Å²) in [4.78, 5) is 18.5. The highest BCUT2D eigenvalue weighted by atomic mass is 32.2. The van der Waals surface area contributed by atoms with E-state index in [0.717, 1.165) is 30.7 Å². The molecule has 1 saturated heterocycles. The van der Waals surface area contributed by atoms with Crippen LogP contribution in [0.3, 0.4) is 0 Å². The zero-order chi connectivity index (χ0) is 16.2. The molecule has 2 rings (SSSR count). The van der Waals surface area contributed by atoms with Gasteiger partial charge in [-0.05, 0) is 37.8 Å². The lowest BCUT2D eigenvalue weighted by molar-refractivity contribution is -0.120. The van der Waals surface area contributed by atoms with E-state index < -0.39 is 21.0 Å². The van der Waals surface area contributed by atoms with Crippen LogP contribution in [0.15, 0.2) is 18.3 Å². The van der Waals surface area contributed by atoms with E-state index in [0.29, 0.717) is 0 Å². The van der Waals surface area contributed by atoms with Gasteiger partial charge in [-0.15, -0.1) is 0 Å². The second kappa shape index (κ2) is 7.09. The highest BCUT2D eigenvalue weighted by Crippen LogP contribution is 2.17. The quantitative estimate of drug-likeness (QED) is 0.877. The van der Waals surface area contributed by atoms with E-state index in [1.165, 1.54) is 26.2 Å². The molecule has 0 aromatic carbocycles. The molecule has 0 saturated carbocycles. The van der Waals surface area contributed by atoms with Crippen molar-refractivity contribution in [2.75, 3.05) is 24.2 Å². The van der Waals surface area contributed by atoms with Gasteiger partial charge in [-0.25, -0.2) is 13.4 Å². The van der Waals surface area contributed by atoms with Gasteiger partial charge in [-0.3, -0.25) is 4.79 Å². The maximum atomic E-state index is 11.8. The van der Waals surface area contributed by atoms with E-state index in [-0.39, 0.29) is 6.54 Å². The number of aromatic nitrogens is 1. The minimum absolute atomic E-state index is 0.284. The van der Waals surface area contributed by atoms with Gasteiger partial charge in [0.2, 0.25) is 5.91 Å². The van der Waals surface area contributed by atoms with Gasteiger partial charge in [0.05, 0.1) is 0 Å². The normalized spacial score (nSPS) is 17.1. The highest BCUT2D eigenvalue weighted by molar-refractivity contribution is 7.92. The molecule has 1 aliphatic rings. The van der Waals surface area contributed by atoms with Crippen molar-refractivity contribution < 1.29 is 13.2 Å². The molecule has 1 amide bonds. The summed E-state index contributed by atoms with van der Waals surface area (Å²) in [5.41, 5.74) is 0.856. The van der Waals surface area contributed by atoms with Gasteiger partial charge in [-0.2, -0.15) is 0 Å². The number of pyridine rings is 1. The molecule has 0 radical (unpaired) electrons. The number of anilines is 1. The summed E-state index contributed by atoms with van der Waals surface area (Å²) in [6, 6.07) is 3.87. The monoisotopic (exact) mass is 325 g/mol. The Balaban J connectivity index is 1.90. The Hall–Kier alpha value is -1.63. The lowest BCUT2D eigenvalue weighted by atomic mass is 10.1. The summed E-state index contributed by atoms with van der Waals surface area (Å²) in [7, 11) is -3.36. The summed E-state index contributed by atoms with van der Waals surface area (Å²) in [5.74, 6) is 0.474. The van der Waals surface area contributed by atoms with E-state index in [4.69, 9.17) is 0 Å². The predicted octanol–water partition coefficient (Wildman–Crippen LogP) is 1.12. The molecule has 1 aromatic heterocycles. The van der Waals surface area contributed by atoms with Crippen LogP contribution in [0.2, 0.25) is 0 Å². The van der Waals surface area contributed by atoms with Crippen molar-refractivity contribution in [1.82, 2.24) is 10.3 Å². The maximum absolute atomic E-state index is 11.8. The molecule has 1 N–H and O–H groups in total. The smallest absolute Gasteiger partial charge is 0.238 e. The van der Waals surface area contributed by atoms with E-state index in [2.05, 4.69) is 15.2 Å². The first-order chi connectivity index (χ1) is 10.4. The summed E-state index contributed by atoms with van der Waals surface area (Å²) in [6.45, 7) is 3.75. The molecule has 0 aliphatic carbocycles. The molecule has 122 valence electrons. The summed E-state index contributed by atoms with van der Waals surface area (Å²) in [5, 5.41) is 1.60. The number of carbonyl (C=O) groups is 1. The van der Waals surface area contributed by atoms with Crippen LogP contribution < -0.4 is 10.2 Å². The van der Waals surface area contributed by atoms with E-state index >= 15 is 0 Å². The number of sulfone groups is 1. The SMILES string of the molecule is C[C@@H](C(=O)NCc1ccc(N2CCCCC2)nc1)S(C)(=O)=O. The van der Waals surface area contributed by atoms with Crippen LogP contribution in [0.25, 0.3) is 0 Å². The number of piperidine rings is 1. The molecule has 22 heavy (non-hydrogen) atoms. The molecule has 1 fully saturated rings. The third-order valence-corrected chi connectivity index (χ3v) is 5.47. The molecule has 7 heteroatoms. The number of nitrogens with one attached hydrogen (secondary N) is 1. The third kappa shape index (κ3) is 4.43. The fourth-order valence-electron chi connectivity index (χ4n) is 2.36. The van der Waals surface area contributed by atoms with Crippen LogP contribution in [-0.4, -0.2) is 43.9 Å². The lowest BCUT2D eigenvalue weighted by Gasteiger charge is -2.27. The van der Waals surface area contributed by atoms with Gasteiger partial charge in [0, 0.05) is 32.1 Å². The van der Waals surface area contributed by atoms with E-state index in [1.54, 1.807) is 6.20 Å². The Kier molecular flexibility index (Phi) is 5.39. The number of nitrogens with zero attached hydrogens (tertiary/aromatic N) is 2. The Morgan fingerprint density at radius 1 is 1.32 bits per heavy atom. The third-order valence-electron chi connectivity index (χ3n) is 3.97. The van der Waals surface area contributed by atoms with Crippen molar-refractivity contribution in [2.45, 2.75) is 38.0 Å². The topological polar surface area (TPSA) is 79.4 Å².